The highest BCUT2D eigenvalue weighted by atomic mass is 127. The maximum atomic E-state index is 11.2. The van der Waals surface area contributed by atoms with Crippen molar-refractivity contribution < 1.29 is 8.42 Å². The Balaban J connectivity index is 0.00000261. The molecule has 4 N–H and O–H groups in total. The van der Waals surface area contributed by atoms with Gasteiger partial charge in [-0.2, -0.15) is 0 Å². The van der Waals surface area contributed by atoms with Gasteiger partial charge in [-0.3, -0.25) is 4.72 Å². The van der Waals surface area contributed by atoms with Crippen molar-refractivity contribution in [2.24, 2.45) is 10.7 Å². The molecule has 2 aromatic rings. The summed E-state index contributed by atoms with van der Waals surface area (Å²) in [4.78, 5) is 4.39. The number of hydrogen-bond acceptors (Lipinski definition) is 3. The van der Waals surface area contributed by atoms with E-state index in [4.69, 9.17) is 5.73 Å². The molecular weight excluding hydrogens is 475 g/mol. The second-order valence-electron chi connectivity index (χ2n) is 6.55. The highest BCUT2D eigenvalue weighted by Crippen LogP contribution is 2.27. The fourth-order valence-electron chi connectivity index (χ4n) is 3.14. The molecule has 0 aromatic heterocycles. The number of halogens is 1. The van der Waals surface area contributed by atoms with Crippen molar-refractivity contribution in [3.05, 3.63) is 59.2 Å². The Kier molecular flexibility index (Phi) is 7.49. The molecule has 6 nitrogen and oxygen atoms in total. The number of hydrogen-bond donors (Lipinski definition) is 3. The SMILES string of the molecule is CS(=O)(=O)Nc1ccc(CN=C(N)Nc2cccc3c2CCCC3)cc1.I. The number of aliphatic imine (C=N–C) groups is 1. The molecular formula is C19H25IN4O2S. The summed E-state index contributed by atoms with van der Waals surface area (Å²) in [6, 6.07) is 13.3. The number of fused-ring (bicyclic) bond motifs is 1. The van der Waals surface area contributed by atoms with Crippen molar-refractivity contribution in [1.82, 2.24) is 0 Å². The molecule has 27 heavy (non-hydrogen) atoms. The lowest BCUT2D eigenvalue weighted by Gasteiger charge is -2.19. The lowest BCUT2D eigenvalue weighted by atomic mass is 9.90. The summed E-state index contributed by atoms with van der Waals surface area (Å²) < 4.78 is 24.9. The van der Waals surface area contributed by atoms with Crippen LogP contribution in [-0.2, 0) is 29.4 Å². The van der Waals surface area contributed by atoms with E-state index in [9.17, 15) is 8.42 Å². The number of anilines is 2. The van der Waals surface area contributed by atoms with Gasteiger partial charge in [-0.25, -0.2) is 13.4 Å². The number of nitrogens with one attached hydrogen (secondary N) is 2. The summed E-state index contributed by atoms with van der Waals surface area (Å²) in [5, 5.41) is 3.22. The summed E-state index contributed by atoms with van der Waals surface area (Å²) in [6.45, 7) is 0.424. The number of guanidine groups is 1. The summed E-state index contributed by atoms with van der Waals surface area (Å²) in [7, 11) is -3.27. The van der Waals surface area contributed by atoms with Crippen molar-refractivity contribution in [3.63, 3.8) is 0 Å². The highest BCUT2D eigenvalue weighted by Gasteiger charge is 2.13. The van der Waals surface area contributed by atoms with Crippen LogP contribution in [0.4, 0.5) is 11.4 Å². The molecule has 0 atom stereocenters. The van der Waals surface area contributed by atoms with Crippen LogP contribution in [0.5, 0.6) is 0 Å². The summed E-state index contributed by atoms with van der Waals surface area (Å²) in [6.07, 6.45) is 5.76. The van der Waals surface area contributed by atoms with Crippen LogP contribution in [0.25, 0.3) is 0 Å². The molecule has 0 bridgehead atoms. The average Bonchev–Trinajstić information content (AvgIpc) is 2.60. The van der Waals surface area contributed by atoms with Crippen LogP contribution in [0, 0.1) is 0 Å². The largest absolute Gasteiger partial charge is 0.370 e. The topological polar surface area (TPSA) is 96.6 Å². The van der Waals surface area contributed by atoms with E-state index < -0.39 is 10.0 Å². The Morgan fingerprint density at radius 3 is 2.52 bits per heavy atom. The summed E-state index contributed by atoms with van der Waals surface area (Å²) in [5.74, 6) is 0.377. The number of rotatable bonds is 5. The van der Waals surface area contributed by atoms with Gasteiger partial charge in [0.25, 0.3) is 0 Å². The number of benzene rings is 2. The maximum Gasteiger partial charge on any atom is 0.229 e. The van der Waals surface area contributed by atoms with E-state index >= 15 is 0 Å². The van der Waals surface area contributed by atoms with Crippen molar-refractivity contribution in [3.8, 4) is 0 Å². The van der Waals surface area contributed by atoms with E-state index in [2.05, 4.69) is 21.1 Å². The van der Waals surface area contributed by atoms with E-state index in [1.54, 1.807) is 12.1 Å². The molecule has 3 rings (SSSR count). The van der Waals surface area contributed by atoms with E-state index in [0.29, 0.717) is 18.2 Å². The molecule has 146 valence electrons. The fraction of sp³-hybridized carbons (Fsp3) is 0.316. The normalized spacial score (nSPS) is 14.0. The molecule has 0 saturated heterocycles. The quantitative estimate of drug-likeness (QED) is 0.333. The predicted molar refractivity (Wildman–Crippen MR) is 122 cm³/mol. The lowest BCUT2D eigenvalue weighted by molar-refractivity contribution is 0.607. The lowest BCUT2D eigenvalue weighted by Crippen LogP contribution is -2.24. The zero-order valence-corrected chi connectivity index (χ0v) is 18.4. The fourth-order valence-corrected chi connectivity index (χ4v) is 3.71. The first-order valence-electron chi connectivity index (χ1n) is 8.65. The summed E-state index contributed by atoms with van der Waals surface area (Å²) >= 11 is 0. The molecule has 0 heterocycles. The summed E-state index contributed by atoms with van der Waals surface area (Å²) in [5.41, 5.74) is 11.3. The van der Waals surface area contributed by atoms with Gasteiger partial charge in [0.05, 0.1) is 12.8 Å². The van der Waals surface area contributed by atoms with Gasteiger partial charge >= 0.3 is 0 Å². The number of aryl methyl sites for hydroxylation is 1. The van der Waals surface area contributed by atoms with E-state index in [0.717, 1.165) is 30.3 Å². The second-order valence-corrected chi connectivity index (χ2v) is 8.30. The predicted octanol–water partition coefficient (Wildman–Crippen LogP) is 3.48. The van der Waals surface area contributed by atoms with Gasteiger partial charge < -0.3 is 11.1 Å². The minimum absolute atomic E-state index is 0. The molecule has 0 aliphatic heterocycles. The molecule has 0 saturated carbocycles. The van der Waals surface area contributed by atoms with E-state index in [-0.39, 0.29) is 24.0 Å². The molecule has 2 aromatic carbocycles. The minimum Gasteiger partial charge on any atom is -0.370 e. The average molecular weight is 500 g/mol. The molecule has 8 heteroatoms. The zero-order chi connectivity index (χ0) is 18.6. The molecule has 0 radical (unpaired) electrons. The van der Waals surface area contributed by atoms with Gasteiger partial charge in [-0.1, -0.05) is 24.3 Å². The maximum absolute atomic E-state index is 11.2. The third-order valence-electron chi connectivity index (χ3n) is 4.35. The van der Waals surface area contributed by atoms with Gasteiger partial charge in [0.15, 0.2) is 5.96 Å². The Bertz CT molecular complexity index is 912. The van der Waals surface area contributed by atoms with Crippen molar-refractivity contribution >= 4 is 51.3 Å². The van der Waals surface area contributed by atoms with Crippen LogP contribution < -0.4 is 15.8 Å². The molecule has 0 amide bonds. The third-order valence-corrected chi connectivity index (χ3v) is 4.95. The Morgan fingerprint density at radius 1 is 1.11 bits per heavy atom. The van der Waals surface area contributed by atoms with Crippen LogP contribution in [-0.4, -0.2) is 20.6 Å². The molecule has 0 unspecified atom stereocenters. The third kappa shape index (κ3) is 6.39. The van der Waals surface area contributed by atoms with Gasteiger partial charge in [0, 0.05) is 11.4 Å². The van der Waals surface area contributed by atoms with Gasteiger partial charge in [0.2, 0.25) is 10.0 Å². The number of nitrogens with zero attached hydrogens (tertiary/aromatic N) is 1. The van der Waals surface area contributed by atoms with Gasteiger partial charge in [-0.05, 0) is 60.6 Å². The smallest absolute Gasteiger partial charge is 0.229 e. The van der Waals surface area contributed by atoms with E-state index in [1.807, 2.05) is 24.3 Å². The van der Waals surface area contributed by atoms with Gasteiger partial charge in [-0.15, -0.1) is 24.0 Å². The Morgan fingerprint density at radius 2 is 1.81 bits per heavy atom. The molecule has 0 spiro atoms. The first-order valence-corrected chi connectivity index (χ1v) is 10.5. The minimum atomic E-state index is -3.27. The van der Waals surface area contributed by atoms with Crippen LogP contribution >= 0.6 is 24.0 Å². The van der Waals surface area contributed by atoms with Crippen LogP contribution in [0.1, 0.15) is 29.5 Å². The second kappa shape index (κ2) is 9.41. The number of sulfonamides is 1. The first kappa shape index (κ1) is 21.5. The highest BCUT2D eigenvalue weighted by molar-refractivity contribution is 14.0. The van der Waals surface area contributed by atoms with Crippen molar-refractivity contribution in [2.75, 3.05) is 16.3 Å². The van der Waals surface area contributed by atoms with Crippen LogP contribution in [0.2, 0.25) is 0 Å². The van der Waals surface area contributed by atoms with Crippen molar-refractivity contribution in [2.45, 2.75) is 32.2 Å². The Labute approximate surface area is 177 Å². The van der Waals surface area contributed by atoms with E-state index in [1.165, 1.54) is 24.0 Å². The molecule has 0 fully saturated rings. The zero-order valence-electron chi connectivity index (χ0n) is 15.2. The molecule has 1 aliphatic rings. The van der Waals surface area contributed by atoms with Crippen molar-refractivity contribution in [1.29, 1.82) is 0 Å². The van der Waals surface area contributed by atoms with Gasteiger partial charge in [0.1, 0.15) is 0 Å². The van der Waals surface area contributed by atoms with Crippen LogP contribution in [0.3, 0.4) is 0 Å². The Hall–Kier alpha value is -1.81. The number of nitrogens with two attached hydrogens (primary N) is 1. The monoisotopic (exact) mass is 500 g/mol. The molecule has 1 aliphatic carbocycles. The first-order chi connectivity index (χ1) is 12.4. The standard InChI is InChI=1S/C19H24N4O2S.HI/c1-26(24,25)23-16-11-9-14(10-12-16)13-21-19(20)22-18-8-4-6-15-5-2-3-7-17(15)18;/h4,6,8-12,23H,2-3,5,7,13H2,1H3,(H3,20,21,22);1H. The van der Waals surface area contributed by atoms with Crippen LogP contribution in [0.15, 0.2) is 47.5 Å².